The highest BCUT2D eigenvalue weighted by molar-refractivity contribution is 9.10. The van der Waals surface area contributed by atoms with Gasteiger partial charge in [0.25, 0.3) is 0 Å². The minimum atomic E-state index is -0.982. The van der Waals surface area contributed by atoms with Crippen molar-refractivity contribution in [2.75, 3.05) is 5.73 Å². The van der Waals surface area contributed by atoms with Crippen LogP contribution in [0.4, 0.5) is 5.88 Å². The number of carboxylic acids is 1. The number of halogens is 2. The van der Waals surface area contributed by atoms with Crippen molar-refractivity contribution in [3.63, 3.8) is 0 Å². The highest BCUT2D eigenvalue weighted by Crippen LogP contribution is 2.46. The molecule has 0 bridgehead atoms. The Morgan fingerprint density at radius 1 is 1.50 bits per heavy atom. The van der Waals surface area contributed by atoms with Gasteiger partial charge in [0.1, 0.15) is 6.04 Å². The number of carbonyl (C=O) groups is 1. The molecule has 3 rings (SSSR count). The molecule has 24 heavy (non-hydrogen) atoms. The summed E-state index contributed by atoms with van der Waals surface area (Å²) in [5.74, 6) is -1.02. The SMILES string of the molecule is CC1(C)SC(c2c(N)oc3c(Br)cc(Cl)cc3c2=O)NC1C(=O)O. The second-order valence-electron chi connectivity index (χ2n) is 6.01. The average molecular weight is 434 g/mol. The Hall–Kier alpha value is -1.22. The lowest BCUT2D eigenvalue weighted by Gasteiger charge is -2.20. The fourth-order valence-corrected chi connectivity index (χ4v) is 5.12. The maximum absolute atomic E-state index is 12.9. The zero-order chi connectivity index (χ0) is 17.8. The van der Waals surface area contributed by atoms with Crippen molar-refractivity contribution in [1.82, 2.24) is 5.32 Å². The third kappa shape index (κ3) is 2.81. The molecule has 4 N–H and O–H groups in total. The van der Waals surface area contributed by atoms with Crippen molar-refractivity contribution < 1.29 is 14.3 Å². The van der Waals surface area contributed by atoms with Crippen LogP contribution in [-0.2, 0) is 4.79 Å². The van der Waals surface area contributed by atoms with E-state index >= 15 is 0 Å². The predicted molar refractivity (Wildman–Crippen MR) is 98.6 cm³/mol. The largest absolute Gasteiger partial charge is 0.480 e. The summed E-state index contributed by atoms with van der Waals surface area (Å²) in [5.41, 5.74) is 6.15. The molecule has 1 aliphatic rings. The normalized spacial score (nSPS) is 22.8. The van der Waals surface area contributed by atoms with Crippen LogP contribution in [0.1, 0.15) is 24.8 Å². The number of thioether (sulfide) groups is 1. The molecule has 128 valence electrons. The maximum atomic E-state index is 12.9. The van der Waals surface area contributed by atoms with Crippen LogP contribution >= 0.6 is 39.3 Å². The van der Waals surface area contributed by atoms with E-state index in [-0.39, 0.29) is 22.3 Å². The van der Waals surface area contributed by atoms with Gasteiger partial charge < -0.3 is 15.3 Å². The van der Waals surface area contributed by atoms with E-state index < -0.39 is 22.1 Å². The van der Waals surface area contributed by atoms with Crippen LogP contribution in [0.25, 0.3) is 11.0 Å². The Morgan fingerprint density at radius 2 is 2.17 bits per heavy atom. The smallest absolute Gasteiger partial charge is 0.322 e. The highest BCUT2D eigenvalue weighted by Gasteiger charge is 2.47. The van der Waals surface area contributed by atoms with Gasteiger partial charge in [-0.3, -0.25) is 14.9 Å². The van der Waals surface area contributed by atoms with E-state index in [1.54, 1.807) is 19.9 Å². The molecule has 2 atom stereocenters. The topological polar surface area (TPSA) is 106 Å². The van der Waals surface area contributed by atoms with Gasteiger partial charge in [0.05, 0.1) is 20.8 Å². The first-order chi connectivity index (χ1) is 11.1. The van der Waals surface area contributed by atoms with Gasteiger partial charge in [-0.15, -0.1) is 11.8 Å². The molecule has 1 saturated heterocycles. The van der Waals surface area contributed by atoms with Crippen molar-refractivity contribution in [1.29, 1.82) is 0 Å². The molecule has 0 spiro atoms. The third-order valence-corrected chi connectivity index (χ3v) is 6.18. The molecule has 2 heterocycles. The van der Waals surface area contributed by atoms with Crippen LogP contribution in [0.5, 0.6) is 0 Å². The molecule has 0 amide bonds. The summed E-state index contributed by atoms with van der Waals surface area (Å²) >= 11 is 10.6. The summed E-state index contributed by atoms with van der Waals surface area (Å²) < 4.78 is 5.52. The maximum Gasteiger partial charge on any atom is 0.322 e. The van der Waals surface area contributed by atoms with Gasteiger partial charge in [0.15, 0.2) is 5.58 Å². The van der Waals surface area contributed by atoms with Gasteiger partial charge in [-0.05, 0) is 41.9 Å². The van der Waals surface area contributed by atoms with Crippen molar-refractivity contribution in [3.05, 3.63) is 37.4 Å². The van der Waals surface area contributed by atoms with Crippen LogP contribution in [0.2, 0.25) is 5.02 Å². The molecule has 2 unspecified atom stereocenters. The third-order valence-electron chi connectivity index (χ3n) is 3.92. The number of hydrogen-bond donors (Lipinski definition) is 3. The molecule has 1 aromatic heterocycles. The van der Waals surface area contributed by atoms with Crippen LogP contribution in [-0.4, -0.2) is 21.9 Å². The van der Waals surface area contributed by atoms with Gasteiger partial charge in [-0.1, -0.05) is 11.6 Å². The molecule has 0 radical (unpaired) electrons. The van der Waals surface area contributed by atoms with E-state index in [0.29, 0.717) is 15.1 Å². The minimum Gasteiger partial charge on any atom is -0.480 e. The molecule has 0 aliphatic carbocycles. The molecule has 1 aliphatic heterocycles. The zero-order valence-electron chi connectivity index (χ0n) is 12.7. The Kier molecular flexibility index (Phi) is 4.36. The van der Waals surface area contributed by atoms with Crippen molar-refractivity contribution in [3.8, 4) is 0 Å². The van der Waals surface area contributed by atoms with E-state index in [2.05, 4.69) is 21.2 Å². The number of fused-ring (bicyclic) bond motifs is 1. The predicted octanol–water partition coefficient (Wildman–Crippen LogP) is 3.36. The molecular weight excluding hydrogens is 420 g/mol. The number of benzene rings is 1. The number of anilines is 1. The summed E-state index contributed by atoms with van der Waals surface area (Å²) in [7, 11) is 0. The first kappa shape index (κ1) is 17.6. The first-order valence-corrected chi connectivity index (χ1v) is 9.05. The van der Waals surface area contributed by atoms with E-state index in [1.807, 2.05) is 0 Å². The standard InChI is InChI=1S/C15H14BrClN2O4S/c1-15(2)11(14(21)22)19-13(24-15)8-9(20)6-3-5(17)4-7(16)10(6)23-12(8)18/h3-4,11,13,19H,18H2,1-2H3,(H,21,22). The second-order valence-corrected chi connectivity index (χ2v) is 9.06. The number of nitrogens with one attached hydrogen (secondary N) is 1. The van der Waals surface area contributed by atoms with Gasteiger partial charge >= 0.3 is 5.97 Å². The van der Waals surface area contributed by atoms with Crippen molar-refractivity contribution in [2.45, 2.75) is 30.0 Å². The monoisotopic (exact) mass is 432 g/mol. The lowest BCUT2D eigenvalue weighted by Crippen LogP contribution is -2.44. The van der Waals surface area contributed by atoms with Gasteiger partial charge in [0, 0.05) is 9.77 Å². The number of aliphatic carboxylic acids is 1. The Bertz CT molecular complexity index is 914. The van der Waals surface area contributed by atoms with E-state index in [9.17, 15) is 14.7 Å². The number of hydrogen-bond acceptors (Lipinski definition) is 6. The number of rotatable bonds is 2. The summed E-state index contributed by atoms with van der Waals surface area (Å²) in [6, 6.07) is 2.31. The summed E-state index contributed by atoms with van der Waals surface area (Å²) in [6.45, 7) is 3.60. The van der Waals surface area contributed by atoms with Gasteiger partial charge in [-0.25, -0.2) is 0 Å². The van der Waals surface area contributed by atoms with Gasteiger partial charge in [0.2, 0.25) is 11.3 Å². The van der Waals surface area contributed by atoms with E-state index in [1.165, 1.54) is 17.8 Å². The van der Waals surface area contributed by atoms with Crippen molar-refractivity contribution in [2.24, 2.45) is 0 Å². The molecule has 2 aromatic rings. The Labute approximate surface area is 154 Å². The highest BCUT2D eigenvalue weighted by atomic mass is 79.9. The van der Waals surface area contributed by atoms with Crippen molar-refractivity contribution >= 4 is 62.1 Å². The minimum absolute atomic E-state index is 0.0395. The molecule has 9 heteroatoms. The molecular formula is C15H14BrClN2O4S. The number of nitrogen functional groups attached to an aromatic ring is 1. The first-order valence-electron chi connectivity index (χ1n) is 6.99. The molecule has 1 aromatic carbocycles. The Balaban J connectivity index is 2.18. The van der Waals surface area contributed by atoms with Crippen LogP contribution in [0, 0.1) is 0 Å². The Morgan fingerprint density at radius 3 is 2.75 bits per heavy atom. The van der Waals surface area contributed by atoms with Gasteiger partial charge in [-0.2, -0.15) is 0 Å². The zero-order valence-corrected chi connectivity index (χ0v) is 15.9. The molecule has 0 saturated carbocycles. The summed E-state index contributed by atoms with van der Waals surface area (Å²) in [4.78, 5) is 24.3. The number of carboxylic acid groups (broad SMARTS) is 1. The molecule has 1 fully saturated rings. The molecule has 6 nitrogen and oxygen atoms in total. The van der Waals surface area contributed by atoms with Crippen LogP contribution in [0.3, 0.4) is 0 Å². The fourth-order valence-electron chi connectivity index (χ4n) is 2.77. The fraction of sp³-hybridized carbons (Fsp3) is 0.333. The van der Waals surface area contributed by atoms with Crippen LogP contribution in [0.15, 0.2) is 25.8 Å². The lowest BCUT2D eigenvalue weighted by molar-refractivity contribution is -0.139. The summed E-state index contributed by atoms with van der Waals surface area (Å²) in [6.07, 6.45) is 0. The lowest BCUT2D eigenvalue weighted by atomic mass is 10.0. The number of nitrogens with two attached hydrogens (primary N) is 1. The van der Waals surface area contributed by atoms with E-state index in [0.717, 1.165) is 0 Å². The van der Waals surface area contributed by atoms with Crippen LogP contribution < -0.4 is 16.5 Å². The second kappa shape index (κ2) is 5.94. The summed E-state index contributed by atoms with van der Waals surface area (Å²) in [5, 5.41) is 12.4. The quantitative estimate of drug-likeness (QED) is 0.667. The van der Waals surface area contributed by atoms with E-state index in [4.69, 9.17) is 21.8 Å². The average Bonchev–Trinajstić information content (AvgIpc) is 2.76.